The van der Waals surface area contributed by atoms with E-state index in [0.29, 0.717) is 101 Å². The second-order valence-corrected chi connectivity index (χ2v) is 29.9. The molecule has 1 aliphatic rings. The van der Waals surface area contributed by atoms with Crippen LogP contribution in [-0.2, 0) is 81.6 Å². The second kappa shape index (κ2) is 60.8. The Labute approximate surface area is 519 Å². The summed E-state index contributed by atoms with van der Waals surface area (Å²) in [5, 5.41) is 10.6. The zero-order valence-electron chi connectivity index (χ0n) is 52.4. The van der Waals surface area contributed by atoms with Gasteiger partial charge in [0.05, 0.1) is 0 Å². The second-order valence-electron chi connectivity index (χ2n) is 17.5. The molecule has 26 nitrogen and oxygen atoms in total. The molecule has 4 N–H and O–H groups in total. The van der Waals surface area contributed by atoms with E-state index in [1.807, 2.05) is 12.2 Å². The molecular formula is C56H112N4O22Si4. The monoisotopic (exact) mass is 1300 g/mol. The van der Waals surface area contributed by atoms with Gasteiger partial charge in [-0.15, -0.1) is 13.2 Å². The van der Waals surface area contributed by atoms with Gasteiger partial charge in [-0.2, -0.15) is 0 Å². The molecule has 0 aromatic carbocycles. The third-order valence-electron chi connectivity index (χ3n) is 12.2. The number of rotatable bonds is 43. The van der Waals surface area contributed by atoms with Crippen LogP contribution in [0.2, 0.25) is 24.2 Å². The minimum atomic E-state index is -2.63. The zero-order valence-corrected chi connectivity index (χ0v) is 56.4. The summed E-state index contributed by atoms with van der Waals surface area (Å²) in [7, 11) is 8.02. The van der Waals surface area contributed by atoms with Gasteiger partial charge in [-0.1, -0.05) is 51.3 Å². The van der Waals surface area contributed by atoms with Gasteiger partial charge in [-0.05, 0) is 76.4 Å². The van der Waals surface area contributed by atoms with Gasteiger partial charge in [0.1, 0.15) is 38.0 Å². The molecule has 1 rings (SSSR count). The molecule has 0 aromatic rings. The van der Waals surface area contributed by atoms with E-state index in [4.69, 9.17) is 72.1 Å². The fraction of sp³-hybridized carbons (Fsp3) is 0.714. The molecule has 4 amide bonds. The number of alkyl carbamates (subject to hydrolysis) is 4. The maximum absolute atomic E-state index is 12.0. The van der Waals surface area contributed by atoms with Crippen molar-refractivity contribution >= 4 is 71.2 Å². The van der Waals surface area contributed by atoms with E-state index in [0.717, 1.165) is 44.9 Å². The molecule has 30 heteroatoms. The Morgan fingerprint density at radius 1 is 0.407 bits per heavy atom. The number of unbranched alkanes of at least 4 members (excludes halogenated alkanes) is 1. The minimum Gasteiger partial charge on any atom is -0.445 e. The van der Waals surface area contributed by atoms with Crippen LogP contribution in [0.5, 0.6) is 0 Å². The number of carbonyl (C=O) groups is 6. The predicted molar refractivity (Wildman–Crippen MR) is 340 cm³/mol. The highest BCUT2D eigenvalue weighted by atomic mass is 28.4. The minimum absolute atomic E-state index is 0. The number of nitrogens with one attached hydrogen (secondary N) is 4. The first-order valence-corrected chi connectivity index (χ1v) is 35.6. The van der Waals surface area contributed by atoms with Crippen molar-refractivity contribution in [2.45, 2.75) is 129 Å². The third-order valence-corrected chi connectivity index (χ3v) is 23.5. The van der Waals surface area contributed by atoms with Gasteiger partial charge in [0, 0.05) is 161 Å². The van der Waals surface area contributed by atoms with E-state index in [1.165, 1.54) is 0 Å². The summed E-state index contributed by atoms with van der Waals surface area (Å²) in [6, 6.07) is 2.32. The smallest absolute Gasteiger partial charge is 0.445 e. The predicted octanol–water partition coefficient (Wildman–Crippen LogP) is 9.29. The van der Waals surface area contributed by atoms with E-state index in [1.54, 1.807) is 110 Å². The van der Waals surface area contributed by atoms with Crippen LogP contribution in [0.3, 0.4) is 0 Å². The highest BCUT2D eigenvalue weighted by Crippen LogP contribution is 2.17. The van der Waals surface area contributed by atoms with E-state index >= 15 is 0 Å². The summed E-state index contributed by atoms with van der Waals surface area (Å²) in [5.41, 5.74) is 0. The zero-order chi connectivity index (χ0) is 63.6. The molecule has 0 aliphatic heterocycles. The van der Waals surface area contributed by atoms with E-state index in [2.05, 4.69) is 46.6 Å². The van der Waals surface area contributed by atoms with Crippen LogP contribution < -0.4 is 21.3 Å². The SMILES string of the molecule is C.C.C=C.CO[Si](CCCNC(=O)OC/C=C/COC(=O)NCCC[Si](OC)(OC)OC)(OC)OC.CO[Si](CCCNC(=O)OCC=CCCCC(=O)CCC=CCOC(=O)NCCC[Si](OC)(OC)OC)(OC)OC.O=C1CC/C=C\CCC1. The lowest BCUT2D eigenvalue weighted by molar-refractivity contribution is -0.119. The number of ketones is 2. The maximum atomic E-state index is 12.0. The van der Waals surface area contributed by atoms with Crippen LogP contribution in [0.25, 0.3) is 0 Å². The number of ether oxygens (including phenoxy) is 4. The number of allylic oxidation sites excluding steroid dienone is 4. The molecule has 0 heterocycles. The van der Waals surface area contributed by atoms with Crippen molar-refractivity contribution in [3.8, 4) is 0 Å². The standard InChI is InChI=1S/C26H50N2O11Si2.C18H38N2O10Si2.C8H12O.C2H4.2CH4/c1-32-40(33-2,34-3)22-14-18-27-25(30)38-20-12-8-7-10-16-24(29)17-11-9-13-21-39-26(31)28-19-15-23-41(35-4,36-5)37-6;1-23-31(24-2,25-3)15-9-11-19-17(21)29-13-7-8-14-30-18(22)20-12-10-16-32(26-4,27-5)28-6;9-8-6-4-2-1-3-5-7-8;1-2;;/h8-9,12-13H,7,10-11,14-23H2,1-6H3,(H,27,30)(H,28,31);7-8H,9-16H2,1-6H3,(H,19,21)(H,20,22);1-2H,3-7H2;1-2H2;2*1H4/b;8-7+;2-1-;;;. The van der Waals surface area contributed by atoms with Gasteiger partial charge in [0.2, 0.25) is 0 Å². The van der Waals surface area contributed by atoms with Crippen molar-refractivity contribution in [3.63, 3.8) is 0 Å². The molecule has 504 valence electrons. The van der Waals surface area contributed by atoms with E-state index in [-0.39, 0.29) is 47.1 Å². The van der Waals surface area contributed by atoms with Gasteiger partial charge >= 0.3 is 59.6 Å². The molecule has 0 saturated heterocycles. The Morgan fingerprint density at radius 3 is 0.988 bits per heavy atom. The number of amides is 4. The lowest BCUT2D eigenvalue weighted by Gasteiger charge is -2.24. The van der Waals surface area contributed by atoms with Crippen LogP contribution in [0.15, 0.2) is 61.8 Å². The summed E-state index contributed by atoms with van der Waals surface area (Å²) in [5.74, 6) is 0.599. The Morgan fingerprint density at radius 2 is 0.686 bits per heavy atom. The molecule has 0 saturated carbocycles. The molecule has 0 unspecified atom stereocenters. The fourth-order valence-electron chi connectivity index (χ4n) is 7.22. The first-order valence-electron chi connectivity index (χ1n) is 27.9. The van der Waals surface area contributed by atoms with Crippen molar-refractivity contribution in [1.29, 1.82) is 0 Å². The highest BCUT2D eigenvalue weighted by Gasteiger charge is 2.39. The Kier molecular flexibility index (Phi) is 63.8. The molecule has 0 atom stereocenters. The van der Waals surface area contributed by atoms with E-state index < -0.39 is 59.6 Å². The van der Waals surface area contributed by atoms with Crippen molar-refractivity contribution in [3.05, 3.63) is 61.8 Å². The molecule has 0 bridgehead atoms. The largest absolute Gasteiger partial charge is 0.500 e. The molecule has 86 heavy (non-hydrogen) atoms. The molecule has 1 aliphatic carbocycles. The van der Waals surface area contributed by atoms with Crippen molar-refractivity contribution in [1.82, 2.24) is 21.3 Å². The van der Waals surface area contributed by atoms with E-state index in [9.17, 15) is 28.8 Å². The quantitative estimate of drug-likeness (QED) is 0.0191. The molecule has 0 radical (unpaired) electrons. The first-order chi connectivity index (χ1) is 40.5. The van der Waals surface area contributed by atoms with Crippen molar-refractivity contribution < 1.29 is 101 Å². The lowest BCUT2D eigenvalue weighted by Crippen LogP contribution is -2.43. The van der Waals surface area contributed by atoms with Gasteiger partial charge in [0.15, 0.2) is 0 Å². The Balaban J connectivity index is -0.000000430. The summed E-state index contributed by atoms with van der Waals surface area (Å²) in [6.45, 7) is 8.06. The number of Topliss-reactive ketones (excluding diaryl/α,β-unsaturated/α-hetero) is 2. The normalized spacial score (nSPS) is 12.9. The topological polar surface area (TPSA) is 298 Å². The van der Waals surface area contributed by atoms with Crippen LogP contribution in [-0.4, -0.2) is 209 Å². The Bertz CT molecular complexity index is 1750. The number of hydrogen-bond donors (Lipinski definition) is 4. The van der Waals surface area contributed by atoms with Crippen LogP contribution in [0.4, 0.5) is 19.2 Å². The average molecular weight is 1310 g/mol. The third kappa shape index (κ3) is 47.6. The average Bonchev–Trinajstić information content (AvgIpc) is 3.57. The van der Waals surface area contributed by atoms with Crippen molar-refractivity contribution in [2.24, 2.45) is 0 Å². The summed E-state index contributed by atoms with van der Waals surface area (Å²) in [6.07, 6.45) is 22.7. The first kappa shape index (κ1) is 90.3. The van der Waals surface area contributed by atoms with Gasteiger partial charge < -0.3 is 93.3 Å². The number of carbonyl (C=O) groups excluding carboxylic acids is 6. The summed E-state index contributed by atoms with van der Waals surface area (Å²) in [4.78, 5) is 69.5. The van der Waals surface area contributed by atoms with Crippen LogP contribution >= 0.6 is 0 Å². The molecule has 0 aromatic heterocycles. The summed E-state index contributed by atoms with van der Waals surface area (Å²) >= 11 is 0. The van der Waals surface area contributed by atoms with Crippen LogP contribution in [0.1, 0.15) is 105 Å². The summed E-state index contributed by atoms with van der Waals surface area (Å²) < 4.78 is 84.0. The fourth-order valence-corrected chi connectivity index (χ4v) is 14.1. The Hall–Kier alpha value is -4.49. The molecular weight excluding hydrogens is 1190 g/mol. The lowest BCUT2D eigenvalue weighted by atomic mass is 10.1. The van der Waals surface area contributed by atoms with Crippen molar-refractivity contribution in [2.75, 3.05) is 138 Å². The van der Waals surface area contributed by atoms with Crippen LogP contribution in [0, 0.1) is 0 Å². The van der Waals surface area contributed by atoms with Gasteiger partial charge in [-0.25, -0.2) is 19.2 Å². The maximum Gasteiger partial charge on any atom is 0.500 e. The molecule has 0 fully saturated rings. The molecule has 0 spiro atoms. The number of hydrogen-bond acceptors (Lipinski definition) is 22. The van der Waals surface area contributed by atoms with Gasteiger partial charge in [-0.3, -0.25) is 9.59 Å². The highest BCUT2D eigenvalue weighted by molar-refractivity contribution is 6.61. The van der Waals surface area contributed by atoms with Gasteiger partial charge in [0.25, 0.3) is 0 Å².